The summed E-state index contributed by atoms with van der Waals surface area (Å²) in [6, 6.07) is -8.92. The average Bonchev–Trinajstić information content (AvgIpc) is 0.748. The second-order valence-corrected chi connectivity index (χ2v) is 38.8. The quantitative estimate of drug-likeness (QED) is 0.0227. The summed E-state index contributed by atoms with van der Waals surface area (Å²) in [4.78, 5) is 79.9. The molecule has 0 spiro atoms. The second kappa shape index (κ2) is 65.9. The molecule has 0 saturated carbocycles. The van der Waals surface area contributed by atoms with Crippen molar-refractivity contribution in [3.8, 4) is 0 Å². The van der Waals surface area contributed by atoms with Crippen LogP contribution in [0.2, 0.25) is 0 Å². The fourth-order valence-corrected chi connectivity index (χ4v) is 19.2. The molecule has 14 unspecified atom stereocenters. The average molecular weight is 2060 g/mol. The molecule has 5 amide bonds. The van der Waals surface area contributed by atoms with Crippen molar-refractivity contribution in [3.63, 3.8) is 0 Å². The summed E-state index contributed by atoms with van der Waals surface area (Å²) in [5, 5.41) is 253. The Balaban J connectivity index is 1.15. The Labute approximate surface area is 836 Å². The third kappa shape index (κ3) is 38.4. The number of aliphatic hydroxyl groups excluding tert-OH is 20. The summed E-state index contributed by atoms with van der Waals surface area (Å²) >= 11 is 0. The Hall–Kier alpha value is -5.06. The monoisotopic (exact) mass is 2060 g/mol. The van der Waals surface area contributed by atoms with Crippen LogP contribution in [-0.2, 0) is 95.1 Å². The summed E-state index contributed by atoms with van der Waals surface area (Å²) in [5.74, 6) is -9.92. The lowest BCUT2D eigenvalue weighted by molar-refractivity contribution is -0.404. The zero-order valence-corrected chi connectivity index (χ0v) is 83.6. The SMILES string of the molecule is CCCCCCCC/C=C\CCCCCCCCCCCCCCCC(=O)N[C@@H](CO[C@@H]1OC(CO)[C@@H](O[C@@H]2OC(CO)[C@H](O[C@@H]3OC(CO)[C@H](O)[C@H](O)C3NC(C)=O)[C@H](O[C@@H]3OC(CO)[C@@H](O)[C@H](O[C@@H]4OC(CO)[C@H](O[C@@H]5OC(CO)[C@H](O)[C@H](O)C5NC(C)=O)[C@H](O[C@]5(C(=O)O)CC(O)[C@@H](NC(C)=O)C([C@H](O)[C@H](O)CO)O5)C4O)C3NC(C)=O)C2O)[C@H](O)C1O)[C@H](O)/C=C/CCCCCCCCCCCCC. The number of nitrogens with one attached hydrogen (secondary N) is 5. The number of hydrogen-bond donors (Lipinski definition) is 26. The highest BCUT2D eigenvalue weighted by atomic mass is 16.8. The van der Waals surface area contributed by atoms with Crippen molar-refractivity contribution < 1.29 is 202 Å². The fraction of sp³-hybridized carbons (Fsp3) is 0.897. The first kappa shape index (κ1) is 125. The maximum atomic E-state index is 14.0. The molecule has 0 aromatic carbocycles. The number of aliphatic hydroxyl groups is 20. The van der Waals surface area contributed by atoms with E-state index in [1.165, 1.54) is 134 Å². The van der Waals surface area contributed by atoms with Crippen LogP contribution in [0.1, 0.15) is 266 Å². The van der Waals surface area contributed by atoms with Crippen LogP contribution >= 0.6 is 0 Å². The minimum Gasteiger partial charge on any atom is -0.477 e. The Morgan fingerprint density at radius 2 is 0.713 bits per heavy atom. The topological polar surface area (TPSA) is 717 Å². The predicted octanol–water partition coefficient (Wildman–Crippen LogP) is -2.21. The zero-order valence-electron chi connectivity index (χ0n) is 83.6. The van der Waals surface area contributed by atoms with Crippen LogP contribution in [-0.4, -0.2) is 428 Å². The number of hydrogen-bond acceptors (Lipinski definition) is 40. The van der Waals surface area contributed by atoms with Crippen LogP contribution in [0.3, 0.4) is 0 Å². The number of carbonyl (C=O) groups excluding carboxylic acids is 5. The van der Waals surface area contributed by atoms with Gasteiger partial charge in [0.15, 0.2) is 37.7 Å². The van der Waals surface area contributed by atoms with Gasteiger partial charge in [0, 0.05) is 40.5 Å². The molecule has 38 atom stereocenters. The first-order valence-electron chi connectivity index (χ1n) is 51.7. The summed E-state index contributed by atoms with van der Waals surface area (Å²) in [6.07, 6.45) is -25.3. The minimum absolute atomic E-state index is 0.101. The van der Waals surface area contributed by atoms with Gasteiger partial charge in [-0.2, -0.15) is 0 Å². The molecule has 0 aliphatic carbocycles. The van der Waals surface area contributed by atoms with E-state index in [0.29, 0.717) is 12.8 Å². The van der Waals surface area contributed by atoms with Crippen LogP contribution in [0.4, 0.5) is 0 Å². The maximum absolute atomic E-state index is 14.0. The Bertz CT molecular complexity index is 3630. The van der Waals surface area contributed by atoms with E-state index in [1.807, 2.05) is 0 Å². The van der Waals surface area contributed by atoms with Gasteiger partial charge in [0.05, 0.1) is 77.1 Å². The van der Waals surface area contributed by atoms with Gasteiger partial charge in [-0.3, -0.25) is 24.0 Å². The van der Waals surface area contributed by atoms with E-state index in [0.717, 1.165) is 98.3 Å². The molecule has 7 heterocycles. The van der Waals surface area contributed by atoms with Crippen molar-refractivity contribution >= 4 is 35.5 Å². The summed E-state index contributed by atoms with van der Waals surface area (Å²) in [5.41, 5.74) is 0. The molecule has 7 fully saturated rings. The number of carboxylic acid groups (broad SMARTS) is 1. The summed E-state index contributed by atoms with van der Waals surface area (Å²) in [6.45, 7) is -0.663. The minimum atomic E-state index is -3.49. The number of carboxylic acids is 1. The smallest absolute Gasteiger partial charge is 0.364 e. The molecule has 0 bridgehead atoms. The van der Waals surface area contributed by atoms with Gasteiger partial charge in [0.2, 0.25) is 29.5 Å². The number of carbonyl (C=O) groups is 6. The van der Waals surface area contributed by atoms with Gasteiger partial charge in [-0.25, -0.2) is 4.79 Å². The number of ether oxygens (including phenoxy) is 14. The van der Waals surface area contributed by atoms with E-state index in [1.54, 1.807) is 6.08 Å². The molecule has 7 rings (SSSR count). The number of amides is 5. The maximum Gasteiger partial charge on any atom is 0.364 e. The molecule has 7 aliphatic heterocycles. The van der Waals surface area contributed by atoms with Gasteiger partial charge in [-0.05, 0) is 44.9 Å². The molecule has 26 N–H and O–H groups in total. The van der Waals surface area contributed by atoms with Crippen LogP contribution in [0, 0.1) is 0 Å². The van der Waals surface area contributed by atoms with Crippen LogP contribution in [0.5, 0.6) is 0 Å². The summed E-state index contributed by atoms with van der Waals surface area (Å²) in [7, 11) is 0. The second-order valence-electron chi connectivity index (χ2n) is 38.8. The van der Waals surface area contributed by atoms with Crippen LogP contribution < -0.4 is 26.6 Å². The van der Waals surface area contributed by atoms with E-state index in [-0.39, 0.29) is 6.42 Å². The third-order valence-corrected chi connectivity index (χ3v) is 27.3. The molecule has 830 valence electrons. The highest BCUT2D eigenvalue weighted by Gasteiger charge is 2.64. The number of aliphatic carboxylic acids is 1. The van der Waals surface area contributed by atoms with Gasteiger partial charge in [-0.1, -0.05) is 205 Å². The van der Waals surface area contributed by atoms with Gasteiger partial charge >= 0.3 is 5.97 Å². The van der Waals surface area contributed by atoms with E-state index >= 15 is 0 Å². The Morgan fingerprint density at radius 1 is 0.364 bits per heavy atom. The molecule has 7 saturated heterocycles. The fourth-order valence-electron chi connectivity index (χ4n) is 19.2. The number of unbranched alkanes of at least 4 members (excludes halogenated alkanes) is 30. The Morgan fingerprint density at radius 3 is 1.14 bits per heavy atom. The van der Waals surface area contributed by atoms with Crippen molar-refractivity contribution in [1.29, 1.82) is 0 Å². The van der Waals surface area contributed by atoms with E-state index in [2.05, 4.69) is 52.6 Å². The van der Waals surface area contributed by atoms with E-state index < -0.39 is 327 Å². The molecule has 7 aliphatic rings. The largest absolute Gasteiger partial charge is 0.477 e. The third-order valence-electron chi connectivity index (χ3n) is 27.3. The summed E-state index contributed by atoms with van der Waals surface area (Å²) < 4.78 is 86.5. The normalized spacial score (nSPS) is 35.4. The van der Waals surface area contributed by atoms with Gasteiger partial charge in [0.25, 0.3) is 5.79 Å². The van der Waals surface area contributed by atoms with E-state index in [9.17, 15) is 136 Å². The molecule has 46 nitrogen and oxygen atoms in total. The molecule has 0 aromatic rings. The molecule has 143 heavy (non-hydrogen) atoms. The lowest BCUT2D eigenvalue weighted by Gasteiger charge is -2.53. The van der Waals surface area contributed by atoms with Crippen molar-refractivity contribution in [2.75, 3.05) is 52.9 Å². The van der Waals surface area contributed by atoms with Crippen molar-refractivity contribution in [2.24, 2.45) is 0 Å². The molecular weight excluding hydrogens is 1890 g/mol. The molecule has 0 radical (unpaired) electrons. The number of rotatable bonds is 67. The van der Waals surface area contributed by atoms with Gasteiger partial charge < -0.3 is 200 Å². The zero-order chi connectivity index (χ0) is 105. The van der Waals surface area contributed by atoms with Crippen LogP contribution in [0.25, 0.3) is 0 Å². The van der Waals surface area contributed by atoms with E-state index in [4.69, 9.17) is 66.3 Å². The first-order chi connectivity index (χ1) is 68.5. The first-order valence-corrected chi connectivity index (χ1v) is 51.7. The van der Waals surface area contributed by atoms with Crippen LogP contribution in [0.15, 0.2) is 24.3 Å². The standard InChI is InChI=1S/C97H171N5O41/c1-7-9-11-13-15-17-19-21-22-23-24-25-26-27-28-29-30-32-34-36-38-40-42-44-68(117)102-58(59(114)43-41-39-37-35-33-31-20-18-16-14-12-10-8-2)53-130-93-80(125)79(124)83(65(50-107)134-93)137-94-81(126)88(84(66(51-108)135-94)138-90-70(99-55(4)111)77(122)74(119)62(47-104)131-90)141-92-72(101-57(6)113)86(76(121)64(49-106)133-92)140-95-82(127)89(85(67(52-109)136-95)139-91-71(100-56(5)112)78(123)75(120)63(48-105)132-91)143-97(96(128)129)45-60(115)69(98-54(3)110)87(142-97)73(118)61(116)46-103/h21-22,41,43,58-67,69-95,103-109,114-116,118-127H,7-20,23-40,42,44-53H2,1-6H3,(H,98,110)(H,99,111)(H,100,112)(H,101,113)(H,102,117)(H,128,129)/b22-21-,43-41+/t58-,59+,60?,61+,62?,63?,64?,65?,66?,67?,69+,70?,71?,72?,73+,74-,75-,76+,77+,78+,79+,80?,81?,82?,83+,84-,85-,86+,87?,88+,89+,90-,91-,92-,93+,94-,95-,97-/m0/s1. The highest BCUT2D eigenvalue weighted by molar-refractivity contribution is 5.77. The number of allylic oxidation sites excluding steroid dienone is 3. The van der Waals surface area contributed by atoms with Crippen molar-refractivity contribution in [1.82, 2.24) is 26.6 Å². The van der Waals surface area contributed by atoms with Crippen molar-refractivity contribution in [2.45, 2.75) is 499 Å². The molecule has 46 heteroatoms. The van der Waals surface area contributed by atoms with Crippen molar-refractivity contribution in [3.05, 3.63) is 24.3 Å². The predicted molar refractivity (Wildman–Crippen MR) is 504 cm³/mol. The molecular formula is C97H171N5O41. The lowest BCUT2D eigenvalue weighted by atomic mass is 9.88. The van der Waals surface area contributed by atoms with Gasteiger partial charge in [-0.15, -0.1) is 0 Å². The molecule has 0 aromatic heterocycles. The van der Waals surface area contributed by atoms with Gasteiger partial charge in [0.1, 0.15) is 165 Å². The Kier molecular flexibility index (Phi) is 57.5. The highest BCUT2D eigenvalue weighted by Crippen LogP contribution is 2.43. The lowest BCUT2D eigenvalue weighted by Crippen LogP contribution is -2.73.